The van der Waals surface area contributed by atoms with Crippen molar-refractivity contribution < 1.29 is 19.2 Å². The maximum atomic E-state index is 12.7. The van der Waals surface area contributed by atoms with E-state index in [9.17, 15) is 19.7 Å². The van der Waals surface area contributed by atoms with E-state index in [2.05, 4.69) is 19.2 Å². The number of amides is 1. The van der Waals surface area contributed by atoms with Gasteiger partial charge in [-0.1, -0.05) is 49.9 Å². The number of nitro groups is 1. The number of hydrogen-bond donors (Lipinski definition) is 1. The van der Waals surface area contributed by atoms with Gasteiger partial charge in [-0.15, -0.1) is 0 Å². The third-order valence-corrected chi connectivity index (χ3v) is 6.64. The minimum Gasteiger partial charge on any atom is -0.462 e. The fourth-order valence-corrected chi connectivity index (χ4v) is 4.91. The molecule has 0 bridgehead atoms. The van der Waals surface area contributed by atoms with Gasteiger partial charge in [0.25, 0.3) is 5.69 Å². The summed E-state index contributed by atoms with van der Waals surface area (Å²) in [5.41, 5.74) is 1.67. The Morgan fingerprint density at radius 1 is 1.17 bits per heavy atom. The van der Waals surface area contributed by atoms with Crippen LogP contribution in [0.3, 0.4) is 0 Å². The normalized spacial score (nSPS) is 16.2. The van der Waals surface area contributed by atoms with E-state index >= 15 is 0 Å². The highest BCUT2D eigenvalue weighted by atomic mass is 32.2. The van der Waals surface area contributed by atoms with Gasteiger partial charge in [-0.3, -0.25) is 19.7 Å². The number of hydrogen-bond acceptors (Lipinski definition) is 7. The van der Waals surface area contributed by atoms with E-state index in [4.69, 9.17) is 4.74 Å². The molecule has 1 unspecified atom stereocenters. The van der Waals surface area contributed by atoms with Gasteiger partial charge in [0.2, 0.25) is 5.91 Å². The Hall–Kier alpha value is -3.17. The molecule has 1 heterocycles. The van der Waals surface area contributed by atoms with E-state index in [1.807, 2.05) is 24.3 Å². The Balaban J connectivity index is 1.73. The Morgan fingerprint density at radius 2 is 1.91 bits per heavy atom. The minimum absolute atomic E-state index is 0.0122. The number of esters is 1. The van der Waals surface area contributed by atoms with Crippen LogP contribution in [0.25, 0.3) is 6.08 Å². The third kappa shape index (κ3) is 7.16. The molecular formula is C26H31N3O5S. The molecule has 0 aliphatic carbocycles. The molecule has 1 atom stereocenters. The number of benzene rings is 2. The molecule has 3 rings (SSSR count). The zero-order valence-corrected chi connectivity index (χ0v) is 21.2. The van der Waals surface area contributed by atoms with Crippen molar-refractivity contribution in [3.8, 4) is 0 Å². The van der Waals surface area contributed by atoms with Crippen molar-refractivity contribution >= 4 is 35.4 Å². The predicted octanol–water partition coefficient (Wildman–Crippen LogP) is 4.63. The van der Waals surface area contributed by atoms with Crippen molar-refractivity contribution in [1.29, 1.82) is 0 Å². The summed E-state index contributed by atoms with van der Waals surface area (Å²) < 4.78 is 5.23. The lowest BCUT2D eigenvalue weighted by atomic mass is 10.0. The standard InChI is InChI=1S/C26H31N3O5S/c1-17(2)20-7-5-6-8-23(20)35-24-11-9-19(15-22(24)29(32)33)10-12-25(30)28-14-13-27-21(16-28)26(31)34-18(3)4/h5-12,15,17-18,21,27H,13-14,16H2,1-4H3/b12-10+. The van der Waals surface area contributed by atoms with E-state index in [0.29, 0.717) is 29.5 Å². The number of ether oxygens (including phenoxy) is 1. The van der Waals surface area contributed by atoms with Crippen LogP contribution in [0.15, 0.2) is 58.3 Å². The van der Waals surface area contributed by atoms with E-state index in [1.54, 1.807) is 37.0 Å². The molecular weight excluding hydrogens is 466 g/mol. The molecule has 1 N–H and O–H groups in total. The maximum absolute atomic E-state index is 12.7. The van der Waals surface area contributed by atoms with Crippen LogP contribution in [0.1, 0.15) is 44.7 Å². The van der Waals surface area contributed by atoms with Crippen LogP contribution in [-0.2, 0) is 14.3 Å². The van der Waals surface area contributed by atoms with Crippen LogP contribution in [0.4, 0.5) is 5.69 Å². The summed E-state index contributed by atoms with van der Waals surface area (Å²) >= 11 is 1.37. The first kappa shape index (κ1) is 26.4. The number of carbonyl (C=O) groups excluding carboxylic acids is 2. The Kier molecular flexibility index (Phi) is 9.06. The summed E-state index contributed by atoms with van der Waals surface area (Å²) in [7, 11) is 0. The molecule has 0 spiro atoms. The lowest BCUT2D eigenvalue weighted by Crippen LogP contribution is -2.56. The van der Waals surface area contributed by atoms with Crippen LogP contribution in [0.2, 0.25) is 0 Å². The number of nitrogens with one attached hydrogen (secondary N) is 1. The average Bonchev–Trinajstić information content (AvgIpc) is 2.83. The van der Waals surface area contributed by atoms with Crippen LogP contribution in [0.5, 0.6) is 0 Å². The molecule has 1 aliphatic heterocycles. The van der Waals surface area contributed by atoms with Crippen LogP contribution in [-0.4, -0.2) is 53.5 Å². The van der Waals surface area contributed by atoms with Crippen LogP contribution < -0.4 is 5.32 Å². The fourth-order valence-electron chi connectivity index (χ4n) is 3.73. The molecule has 2 aromatic rings. The van der Waals surface area contributed by atoms with Crippen molar-refractivity contribution in [3.63, 3.8) is 0 Å². The average molecular weight is 498 g/mol. The molecule has 8 nitrogen and oxygen atoms in total. The zero-order valence-electron chi connectivity index (χ0n) is 20.4. The highest BCUT2D eigenvalue weighted by Crippen LogP contribution is 2.39. The van der Waals surface area contributed by atoms with Crippen LogP contribution >= 0.6 is 11.8 Å². The molecule has 0 radical (unpaired) electrons. The van der Waals surface area contributed by atoms with Gasteiger partial charge in [0, 0.05) is 36.7 Å². The summed E-state index contributed by atoms with van der Waals surface area (Å²) in [5, 5.41) is 14.9. The summed E-state index contributed by atoms with van der Waals surface area (Å²) in [4.78, 5) is 39.4. The summed E-state index contributed by atoms with van der Waals surface area (Å²) in [6.45, 7) is 8.88. The fraction of sp³-hybridized carbons (Fsp3) is 0.385. The van der Waals surface area contributed by atoms with Gasteiger partial charge in [0.15, 0.2) is 0 Å². The lowest BCUT2D eigenvalue weighted by Gasteiger charge is -2.32. The minimum atomic E-state index is -0.574. The number of nitrogens with zero attached hydrogens (tertiary/aromatic N) is 2. The van der Waals surface area contributed by atoms with Crippen molar-refractivity contribution in [3.05, 3.63) is 69.8 Å². The lowest BCUT2D eigenvalue weighted by molar-refractivity contribution is -0.387. The van der Waals surface area contributed by atoms with Gasteiger partial charge >= 0.3 is 5.97 Å². The smallest absolute Gasteiger partial charge is 0.325 e. The van der Waals surface area contributed by atoms with Gasteiger partial charge in [-0.25, -0.2) is 0 Å². The summed E-state index contributed by atoms with van der Waals surface area (Å²) in [6.07, 6.45) is 2.72. The SMILES string of the molecule is CC(C)OC(=O)C1CN(C(=O)/C=C/c2ccc(Sc3ccccc3C(C)C)c([N+](=O)[O-])c2)CCN1. The zero-order chi connectivity index (χ0) is 25.5. The second kappa shape index (κ2) is 12.0. The van der Waals surface area contributed by atoms with Crippen LogP contribution in [0, 0.1) is 10.1 Å². The van der Waals surface area contributed by atoms with Gasteiger partial charge in [-0.05, 0) is 49.1 Å². The molecule has 35 heavy (non-hydrogen) atoms. The topological polar surface area (TPSA) is 102 Å². The van der Waals surface area contributed by atoms with Gasteiger partial charge in [-0.2, -0.15) is 0 Å². The molecule has 1 fully saturated rings. The largest absolute Gasteiger partial charge is 0.462 e. The Labute approximate surface area is 209 Å². The van der Waals surface area contributed by atoms with Crippen molar-refractivity contribution in [2.45, 2.75) is 55.5 Å². The molecule has 186 valence electrons. The number of nitro benzene ring substituents is 1. The maximum Gasteiger partial charge on any atom is 0.325 e. The first-order valence-electron chi connectivity index (χ1n) is 11.6. The quantitative estimate of drug-likeness (QED) is 0.245. The summed E-state index contributed by atoms with van der Waals surface area (Å²) in [5.74, 6) is -0.354. The predicted molar refractivity (Wildman–Crippen MR) is 136 cm³/mol. The number of rotatable bonds is 8. The van der Waals surface area contributed by atoms with Crippen molar-refractivity contribution in [1.82, 2.24) is 10.2 Å². The molecule has 0 saturated carbocycles. The van der Waals surface area contributed by atoms with Crippen molar-refractivity contribution in [2.24, 2.45) is 0 Å². The summed E-state index contributed by atoms with van der Waals surface area (Å²) in [6, 6.07) is 12.3. The molecule has 0 aromatic heterocycles. The molecule has 1 aliphatic rings. The van der Waals surface area contributed by atoms with Gasteiger partial charge in [0.05, 0.1) is 15.9 Å². The Bertz CT molecular complexity index is 1120. The molecule has 9 heteroatoms. The van der Waals surface area contributed by atoms with E-state index < -0.39 is 11.0 Å². The van der Waals surface area contributed by atoms with E-state index in [-0.39, 0.29) is 30.2 Å². The van der Waals surface area contributed by atoms with E-state index in [0.717, 1.165) is 10.5 Å². The number of carbonyl (C=O) groups is 2. The van der Waals surface area contributed by atoms with E-state index in [1.165, 1.54) is 23.9 Å². The highest BCUT2D eigenvalue weighted by Gasteiger charge is 2.28. The first-order chi connectivity index (χ1) is 16.7. The number of piperazine rings is 1. The highest BCUT2D eigenvalue weighted by molar-refractivity contribution is 7.99. The first-order valence-corrected chi connectivity index (χ1v) is 12.4. The molecule has 1 amide bonds. The second-order valence-corrected chi connectivity index (χ2v) is 9.97. The van der Waals surface area contributed by atoms with Gasteiger partial charge in [0.1, 0.15) is 6.04 Å². The third-order valence-electron chi connectivity index (χ3n) is 5.48. The second-order valence-electron chi connectivity index (χ2n) is 8.89. The van der Waals surface area contributed by atoms with Gasteiger partial charge < -0.3 is 15.0 Å². The Morgan fingerprint density at radius 3 is 2.60 bits per heavy atom. The van der Waals surface area contributed by atoms with Crippen molar-refractivity contribution in [2.75, 3.05) is 19.6 Å². The monoisotopic (exact) mass is 497 g/mol. The molecule has 2 aromatic carbocycles. The molecule has 1 saturated heterocycles.